The van der Waals surface area contributed by atoms with Crippen LogP contribution < -0.4 is 15.4 Å². The third kappa shape index (κ3) is 8.31. The Morgan fingerprint density at radius 2 is 1.73 bits per heavy atom. The number of carbonyl (C=O) groups is 3. The van der Waals surface area contributed by atoms with Crippen molar-refractivity contribution in [3.63, 3.8) is 0 Å². The lowest BCUT2D eigenvalue weighted by molar-refractivity contribution is -0.153. The van der Waals surface area contributed by atoms with E-state index in [0.717, 1.165) is 46.1 Å². The monoisotopic (exact) mass is 856 g/mol. The van der Waals surface area contributed by atoms with Gasteiger partial charge in [-0.05, 0) is 60.0 Å². The number of fused-ring (bicyclic) bond motifs is 2. The number of anilines is 1. The Bertz CT molecular complexity index is 2820. The van der Waals surface area contributed by atoms with E-state index in [2.05, 4.69) is 15.1 Å². The lowest BCUT2D eigenvalue weighted by Crippen LogP contribution is -2.62. The van der Waals surface area contributed by atoms with E-state index >= 15 is 4.39 Å². The number of hydrogen-bond donors (Lipinski definition) is 2. The molecule has 0 saturated carbocycles. The van der Waals surface area contributed by atoms with Gasteiger partial charge in [-0.3, -0.25) is 9.48 Å². The van der Waals surface area contributed by atoms with Crippen LogP contribution in [-0.4, -0.2) is 113 Å². The van der Waals surface area contributed by atoms with Gasteiger partial charge in [-0.2, -0.15) is 10.2 Å². The van der Waals surface area contributed by atoms with Crippen molar-refractivity contribution in [2.24, 2.45) is 5.73 Å². The highest BCUT2D eigenvalue weighted by atomic mass is 19.1. The topological polar surface area (TPSA) is 187 Å². The number of aromatic nitrogens is 6. The van der Waals surface area contributed by atoms with Crippen LogP contribution in [-0.2, 0) is 27.5 Å². The number of aryl methyl sites for hydroxylation is 1. The SMILES string of the molecule is NCCCn1cc2c(-c3cccc(O[C@H]4C[C@@H](C(=O)N5CCN(C(=O)OCc6ccccc6)C[C@H]5C(=O)O)N(c5ncnc6c5cnn6-c5ccc(F)cc5F)C4)c3)cccc2n1. The number of hydrogen-bond acceptors (Lipinski definition) is 11. The molecule has 0 bridgehead atoms. The van der Waals surface area contributed by atoms with Gasteiger partial charge in [-0.15, -0.1) is 0 Å². The summed E-state index contributed by atoms with van der Waals surface area (Å²) in [5.74, 6) is -2.60. The molecule has 7 aromatic rings. The van der Waals surface area contributed by atoms with Crippen LogP contribution in [0.25, 0.3) is 38.8 Å². The van der Waals surface area contributed by atoms with Gasteiger partial charge in [-0.25, -0.2) is 33.0 Å². The number of amides is 2. The van der Waals surface area contributed by atoms with E-state index in [1.54, 1.807) is 4.90 Å². The van der Waals surface area contributed by atoms with Crippen LogP contribution in [0.15, 0.2) is 110 Å². The minimum atomic E-state index is -1.38. The summed E-state index contributed by atoms with van der Waals surface area (Å²) in [6.07, 6.45) is 4.33. The van der Waals surface area contributed by atoms with E-state index in [4.69, 9.17) is 20.3 Å². The number of piperazine rings is 1. The van der Waals surface area contributed by atoms with E-state index < -0.39 is 47.8 Å². The summed E-state index contributed by atoms with van der Waals surface area (Å²) in [6.45, 7) is 1.05. The predicted molar refractivity (Wildman–Crippen MR) is 227 cm³/mol. The molecule has 9 rings (SSSR count). The van der Waals surface area contributed by atoms with Crippen molar-refractivity contribution in [1.82, 2.24) is 39.3 Å². The summed E-state index contributed by atoms with van der Waals surface area (Å²) in [7, 11) is 0. The fourth-order valence-corrected chi connectivity index (χ4v) is 8.31. The van der Waals surface area contributed by atoms with Crippen LogP contribution >= 0.6 is 0 Å². The standard InChI is InChI=1S/C45H42F2N10O6/c46-30-13-14-38(36(47)20-30)57-42-34(22-51-57)41(49-27-50-42)56-23-32(63-31-10-4-9-29(19-31)33-11-5-12-37-35(33)24-54(52-37)16-6-15-48)21-39(56)43(58)55-18-17-53(25-40(55)44(59)60)45(61)62-26-28-7-2-1-3-8-28/h1-5,7-14,19-20,22,24,27,32,39-40H,6,15-18,21,23,25-26,48H2,(H,59,60)/t32-,39-,40-/m0/s1. The summed E-state index contributed by atoms with van der Waals surface area (Å²) >= 11 is 0. The fraction of sp³-hybridized carbons (Fsp3) is 0.267. The Morgan fingerprint density at radius 3 is 2.54 bits per heavy atom. The van der Waals surface area contributed by atoms with Crippen LogP contribution in [0.5, 0.6) is 5.75 Å². The van der Waals surface area contributed by atoms with Gasteiger partial charge in [0.25, 0.3) is 0 Å². The third-order valence-electron chi connectivity index (χ3n) is 11.4. The average Bonchev–Trinajstić information content (AvgIpc) is 4.04. The van der Waals surface area contributed by atoms with Crippen LogP contribution in [0.3, 0.4) is 0 Å². The van der Waals surface area contributed by atoms with Gasteiger partial charge in [0.15, 0.2) is 11.5 Å². The highest BCUT2D eigenvalue weighted by molar-refractivity contribution is 5.95. The van der Waals surface area contributed by atoms with E-state index in [1.165, 1.54) is 33.1 Å². The Labute approximate surface area is 359 Å². The molecule has 2 saturated heterocycles. The molecule has 0 spiro atoms. The lowest BCUT2D eigenvalue weighted by Gasteiger charge is -2.40. The zero-order valence-corrected chi connectivity index (χ0v) is 33.8. The van der Waals surface area contributed by atoms with Crippen molar-refractivity contribution >= 4 is 45.7 Å². The number of halogens is 2. The number of aliphatic carboxylic acids is 1. The average molecular weight is 857 g/mol. The minimum absolute atomic E-state index is 0.00528. The highest BCUT2D eigenvalue weighted by Crippen LogP contribution is 2.36. The first-order valence-corrected chi connectivity index (χ1v) is 20.5. The van der Waals surface area contributed by atoms with Crippen molar-refractivity contribution in [2.75, 3.05) is 37.6 Å². The number of rotatable bonds is 12. The van der Waals surface area contributed by atoms with E-state index in [-0.39, 0.29) is 56.4 Å². The Balaban J connectivity index is 1.01. The minimum Gasteiger partial charge on any atom is -0.488 e. The largest absolute Gasteiger partial charge is 0.488 e. The number of benzene rings is 4. The van der Waals surface area contributed by atoms with Crippen molar-refractivity contribution in [3.8, 4) is 22.6 Å². The first-order chi connectivity index (χ1) is 30.6. The molecule has 63 heavy (non-hydrogen) atoms. The molecule has 2 fully saturated rings. The zero-order chi connectivity index (χ0) is 43.6. The Hall–Kier alpha value is -7.47. The van der Waals surface area contributed by atoms with Crippen LogP contribution in [0.1, 0.15) is 18.4 Å². The number of ether oxygens (including phenoxy) is 2. The molecular weight excluding hydrogens is 815 g/mol. The predicted octanol–water partition coefficient (Wildman–Crippen LogP) is 5.42. The van der Waals surface area contributed by atoms with Gasteiger partial charge in [0.05, 0.1) is 30.2 Å². The first-order valence-electron chi connectivity index (χ1n) is 20.5. The van der Waals surface area contributed by atoms with Gasteiger partial charge < -0.3 is 35.0 Å². The Morgan fingerprint density at radius 1 is 0.889 bits per heavy atom. The van der Waals surface area contributed by atoms with E-state index in [9.17, 15) is 23.9 Å². The molecule has 4 aromatic carbocycles. The summed E-state index contributed by atoms with van der Waals surface area (Å²) in [6, 6.07) is 23.4. The van der Waals surface area contributed by atoms with E-state index in [0.29, 0.717) is 24.2 Å². The van der Waals surface area contributed by atoms with Gasteiger partial charge in [0, 0.05) is 43.7 Å². The third-order valence-corrected chi connectivity index (χ3v) is 11.4. The van der Waals surface area contributed by atoms with Gasteiger partial charge in [0.1, 0.15) is 54.2 Å². The van der Waals surface area contributed by atoms with E-state index in [1.807, 2.05) is 83.7 Å². The fourth-order valence-electron chi connectivity index (χ4n) is 8.31. The molecule has 18 heteroatoms. The molecule has 322 valence electrons. The highest BCUT2D eigenvalue weighted by Gasteiger charge is 2.46. The second-order valence-electron chi connectivity index (χ2n) is 15.4. The maximum Gasteiger partial charge on any atom is 0.410 e. The van der Waals surface area contributed by atoms with Gasteiger partial charge in [-0.1, -0.05) is 54.6 Å². The molecule has 2 aliphatic heterocycles. The summed E-state index contributed by atoms with van der Waals surface area (Å²) in [4.78, 5) is 54.0. The number of carbonyl (C=O) groups excluding carboxylic acids is 2. The molecule has 3 atom stereocenters. The van der Waals surface area contributed by atoms with Crippen molar-refractivity contribution < 1.29 is 37.7 Å². The van der Waals surface area contributed by atoms with Crippen LogP contribution in [0, 0.1) is 11.6 Å². The smallest absolute Gasteiger partial charge is 0.410 e. The van der Waals surface area contributed by atoms with Gasteiger partial charge >= 0.3 is 12.1 Å². The summed E-state index contributed by atoms with van der Waals surface area (Å²) < 4.78 is 44.1. The molecule has 0 aliphatic carbocycles. The molecular formula is C45H42F2N10O6. The number of nitrogens with two attached hydrogens (primary N) is 1. The van der Waals surface area contributed by atoms with Crippen molar-refractivity contribution in [3.05, 3.63) is 127 Å². The molecule has 3 N–H and O–H groups in total. The second-order valence-corrected chi connectivity index (χ2v) is 15.4. The maximum atomic E-state index is 15.0. The molecule has 2 aliphatic rings. The van der Waals surface area contributed by atoms with Crippen molar-refractivity contribution in [1.29, 1.82) is 0 Å². The summed E-state index contributed by atoms with van der Waals surface area (Å²) in [5, 5.41) is 20.9. The maximum absolute atomic E-state index is 15.0. The number of carboxylic acids is 1. The lowest BCUT2D eigenvalue weighted by atomic mass is 10.0. The van der Waals surface area contributed by atoms with Gasteiger partial charge in [0.2, 0.25) is 5.91 Å². The molecule has 5 heterocycles. The van der Waals surface area contributed by atoms with Crippen LogP contribution in [0.4, 0.5) is 19.4 Å². The molecule has 2 amide bonds. The normalized spacial score (nSPS) is 17.7. The van der Waals surface area contributed by atoms with Crippen LogP contribution in [0.2, 0.25) is 0 Å². The molecule has 16 nitrogen and oxygen atoms in total. The summed E-state index contributed by atoms with van der Waals surface area (Å²) in [5.41, 5.74) is 9.35. The zero-order valence-electron chi connectivity index (χ0n) is 33.8. The Kier molecular flexibility index (Phi) is 11.4. The first kappa shape index (κ1) is 40.9. The molecule has 0 unspecified atom stereocenters. The quantitative estimate of drug-likeness (QED) is 0.159. The number of nitrogens with zero attached hydrogens (tertiary/aromatic N) is 9. The van der Waals surface area contributed by atoms with Crippen molar-refractivity contribution in [2.45, 2.75) is 44.2 Å². The second kappa shape index (κ2) is 17.5. The number of carboxylic acid groups (broad SMARTS) is 1. The molecule has 3 aromatic heterocycles. The molecule has 0 radical (unpaired) electrons.